The number of rotatable bonds is 5. The number of amides is 3. The van der Waals surface area contributed by atoms with Crippen LogP contribution in [0.4, 0.5) is 29.3 Å². The number of benzene rings is 2. The van der Waals surface area contributed by atoms with Gasteiger partial charge in [-0.15, -0.1) is 0 Å². The monoisotopic (exact) mass is 543 g/mol. The third-order valence-corrected chi connectivity index (χ3v) is 8.39. The summed E-state index contributed by atoms with van der Waals surface area (Å²) in [6.07, 6.45) is 0.359. The predicted octanol–water partition coefficient (Wildman–Crippen LogP) is 5.48. The molecule has 10 heteroatoms. The van der Waals surface area contributed by atoms with Gasteiger partial charge in [0.15, 0.2) is 0 Å². The van der Waals surface area contributed by atoms with Gasteiger partial charge in [0.2, 0.25) is 11.8 Å². The quantitative estimate of drug-likeness (QED) is 0.542. The van der Waals surface area contributed by atoms with Crippen molar-refractivity contribution in [2.45, 2.75) is 63.3 Å². The lowest BCUT2D eigenvalue weighted by molar-refractivity contribution is -0.154. The van der Waals surface area contributed by atoms with Crippen molar-refractivity contribution in [3.8, 4) is 0 Å². The molecule has 1 unspecified atom stereocenters. The number of alkyl halides is 2. The first-order chi connectivity index (χ1) is 18.6. The number of piperidine rings is 1. The lowest BCUT2D eigenvalue weighted by atomic mass is 9.75. The Labute approximate surface area is 225 Å². The van der Waals surface area contributed by atoms with Gasteiger partial charge in [-0.1, -0.05) is 24.3 Å². The number of urea groups is 1. The van der Waals surface area contributed by atoms with Crippen LogP contribution in [0.3, 0.4) is 0 Å². The molecule has 2 aromatic carbocycles. The van der Waals surface area contributed by atoms with Gasteiger partial charge in [-0.2, -0.15) is 0 Å². The van der Waals surface area contributed by atoms with Crippen molar-refractivity contribution in [1.82, 2.24) is 4.90 Å². The molecule has 2 heterocycles. The number of halogens is 3. The second-order valence-electron chi connectivity index (χ2n) is 10.9. The molecule has 208 valence electrons. The summed E-state index contributed by atoms with van der Waals surface area (Å²) in [6.45, 7) is 0.646. The summed E-state index contributed by atoms with van der Waals surface area (Å²) in [5.41, 5.74) is 0.445. The van der Waals surface area contributed by atoms with Crippen LogP contribution in [0.1, 0.15) is 50.5 Å². The van der Waals surface area contributed by atoms with Crippen LogP contribution in [-0.2, 0) is 16.0 Å². The van der Waals surface area contributed by atoms with Gasteiger partial charge in [0.25, 0.3) is 0 Å². The summed E-state index contributed by atoms with van der Waals surface area (Å²) in [5.74, 6) is -4.97. The summed E-state index contributed by atoms with van der Waals surface area (Å²) in [4.78, 5) is 44.0. The van der Waals surface area contributed by atoms with Gasteiger partial charge >= 0.3 is 12.0 Å². The summed E-state index contributed by atoms with van der Waals surface area (Å²) in [6, 6.07) is 11.9. The number of para-hydroxylation sites is 1. The maximum Gasteiger partial charge on any atom is 0.324 e. The van der Waals surface area contributed by atoms with E-state index in [1.54, 1.807) is 41.3 Å². The first-order valence-corrected chi connectivity index (χ1v) is 13.4. The van der Waals surface area contributed by atoms with Crippen LogP contribution < -0.4 is 9.80 Å². The van der Waals surface area contributed by atoms with Crippen molar-refractivity contribution >= 4 is 29.3 Å². The standard InChI is InChI=1S/C29H32F3N3O4/c30-21-9-8-20-10-14-34(24(20)17-21)27(39)33-15-12-28(13-16-33,26(37)38)19-25(36)35(22-5-2-1-3-6-22)23-7-4-11-29(31,32)18-23/h1-3,5-6,8-9,17,23H,4,7,10-16,18-19H2,(H,37,38). The van der Waals surface area contributed by atoms with E-state index < -0.39 is 41.5 Å². The Morgan fingerprint density at radius 3 is 2.38 bits per heavy atom. The number of carboxylic acid groups (broad SMARTS) is 1. The van der Waals surface area contributed by atoms with E-state index in [0.29, 0.717) is 30.8 Å². The molecule has 5 rings (SSSR count). The molecule has 2 aromatic rings. The third-order valence-electron chi connectivity index (χ3n) is 8.39. The van der Waals surface area contributed by atoms with Crippen molar-refractivity contribution in [3.63, 3.8) is 0 Å². The maximum atomic E-state index is 14.3. The first-order valence-electron chi connectivity index (χ1n) is 13.4. The van der Waals surface area contributed by atoms with Gasteiger partial charge < -0.3 is 14.9 Å². The molecule has 0 bridgehead atoms. The molecule has 3 amide bonds. The molecule has 0 aromatic heterocycles. The lowest BCUT2D eigenvalue weighted by Gasteiger charge is -2.42. The molecule has 2 aliphatic heterocycles. The van der Waals surface area contributed by atoms with Crippen molar-refractivity contribution in [1.29, 1.82) is 0 Å². The van der Waals surface area contributed by atoms with E-state index in [1.165, 1.54) is 21.9 Å². The predicted molar refractivity (Wildman–Crippen MR) is 139 cm³/mol. The molecule has 3 aliphatic rings. The minimum Gasteiger partial charge on any atom is -0.481 e. The molecule has 7 nitrogen and oxygen atoms in total. The highest BCUT2D eigenvalue weighted by molar-refractivity contribution is 5.97. The topological polar surface area (TPSA) is 81.2 Å². The van der Waals surface area contributed by atoms with Crippen molar-refractivity contribution in [2.75, 3.05) is 29.4 Å². The fourth-order valence-corrected chi connectivity index (χ4v) is 6.20. The number of anilines is 2. The van der Waals surface area contributed by atoms with E-state index >= 15 is 0 Å². The van der Waals surface area contributed by atoms with E-state index in [1.807, 2.05) is 0 Å². The van der Waals surface area contributed by atoms with Crippen LogP contribution in [0, 0.1) is 11.2 Å². The van der Waals surface area contributed by atoms with Crippen LogP contribution >= 0.6 is 0 Å². The summed E-state index contributed by atoms with van der Waals surface area (Å²) in [7, 11) is 0. The Hall–Kier alpha value is -3.56. The average molecular weight is 544 g/mol. The van der Waals surface area contributed by atoms with Crippen molar-refractivity contribution in [2.24, 2.45) is 5.41 Å². The number of carbonyl (C=O) groups is 3. The summed E-state index contributed by atoms with van der Waals surface area (Å²) >= 11 is 0. The highest BCUT2D eigenvalue weighted by atomic mass is 19.3. The highest BCUT2D eigenvalue weighted by Gasteiger charge is 2.47. The zero-order valence-corrected chi connectivity index (χ0v) is 21.6. The minimum absolute atomic E-state index is 0.0487. The van der Waals surface area contributed by atoms with Crippen molar-refractivity contribution < 1.29 is 32.7 Å². The number of carboxylic acids is 1. The zero-order chi connectivity index (χ0) is 27.8. The van der Waals surface area contributed by atoms with Gasteiger partial charge in [0, 0.05) is 50.6 Å². The number of likely N-dealkylation sites (tertiary alicyclic amines) is 1. The smallest absolute Gasteiger partial charge is 0.324 e. The fourth-order valence-electron chi connectivity index (χ4n) is 6.20. The number of fused-ring (bicyclic) bond motifs is 1. The molecule has 0 spiro atoms. The van der Waals surface area contributed by atoms with Crippen molar-refractivity contribution in [3.05, 3.63) is 59.9 Å². The zero-order valence-electron chi connectivity index (χ0n) is 21.6. The number of hydrogen-bond acceptors (Lipinski definition) is 3. The SMILES string of the molecule is O=C(N1CCC(CC(=O)N(c2ccccc2)C2CCCC(F)(F)C2)(C(=O)O)CC1)N1CCc2ccc(F)cc21. The van der Waals surface area contributed by atoms with Gasteiger partial charge in [-0.3, -0.25) is 14.5 Å². The second kappa shape index (κ2) is 10.5. The van der Waals surface area contributed by atoms with Gasteiger partial charge in [0.1, 0.15) is 5.82 Å². The van der Waals surface area contributed by atoms with E-state index in [4.69, 9.17) is 0 Å². The molecular formula is C29H32F3N3O4. The van der Waals surface area contributed by atoms with Crippen LogP contribution in [-0.4, -0.2) is 59.5 Å². The van der Waals surface area contributed by atoms with Crippen LogP contribution in [0.25, 0.3) is 0 Å². The van der Waals surface area contributed by atoms with Crippen LogP contribution in [0.15, 0.2) is 48.5 Å². The second-order valence-corrected chi connectivity index (χ2v) is 10.9. The molecule has 1 saturated carbocycles. The van der Waals surface area contributed by atoms with E-state index in [-0.39, 0.29) is 51.2 Å². The summed E-state index contributed by atoms with van der Waals surface area (Å²) < 4.78 is 42.5. The van der Waals surface area contributed by atoms with Gasteiger partial charge in [0.05, 0.1) is 11.1 Å². The number of hydrogen-bond donors (Lipinski definition) is 1. The van der Waals surface area contributed by atoms with Gasteiger partial charge in [-0.25, -0.2) is 18.0 Å². The maximum absolute atomic E-state index is 14.3. The first kappa shape index (κ1) is 27.0. The molecule has 0 radical (unpaired) electrons. The highest BCUT2D eigenvalue weighted by Crippen LogP contribution is 2.41. The molecule has 1 atom stereocenters. The lowest BCUT2D eigenvalue weighted by Crippen LogP contribution is -2.53. The Balaban J connectivity index is 1.32. The number of carbonyl (C=O) groups excluding carboxylic acids is 2. The van der Waals surface area contributed by atoms with E-state index in [2.05, 4.69) is 0 Å². The minimum atomic E-state index is -2.89. The van der Waals surface area contributed by atoms with Crippen LogP contribution in [0.5, 0.6) is 0 Å². The molecule has 2 fully saturated rings. The molecule has 39 heavy (non-hydrogen) atoms. The summed E-state index contributed by atoms with van der Waals surface area (Å²) in [5, 5.41) is 10.2. The Morgan fingerprint density at radius 1 is 1.00 bits per heavy atom. The number of nitrogens with zero attached hydrogens (tertiary/aromatic N) is 3. The number of aliphatic carboxylic acids is 1. The van der Waals surface area contributed by atoms with E-state index in [0.717, 1.165) is 5.56 Å². The Morgan fingerprint density at radius 2 is 1.72 bits per heavy atom. The Kier molecular flexibility index (Phi) is 7.31. The Bertz CT molecular complexity index is 1250. The largest absolute Gasteiger partial charge is 0.481 e. The molecular weight excluding hydrogens is 511 g/mol. The van der Waals surface area contributed by atoms with Gasteiger partial charge in [-0.05, 0) is 61.9 Å². The van der Waals surface area contributed by atoms with Crippen LogP contribution in [0.2, 0.25) is 0 Å². The fraction of sp³-hybridized carbons (Fsp3) is 0.483. The average Bonchev–Trinajstić information content (AvgIpc) is 3.32. The molecule has 1 N–H and O–H groups in total. The van der Waals surface area contributed by atoms with E-state index in [9.17, 15) is 32.7 Å². The normalized spacial score (nSPS) is 21.8. The molecule has 1 saturated heterocycles. The molecule has 1 aliphatic carbocycles. The third kappa shape index (κ3) is 5.46.